The van der Waals surface area contributed by atoms with E-state index in [1.807, 2.05) is 12.1 Å². The van der Waals surface area contributed by atoms with Crippen molar-refractivity contribution in [1.29, 1.82) is 0 Å². The van der Waals surface area contributed by atoms with Gasteiger partial charge in [0.05, 0.1) is 5.69 Å². The smallest absolute Gasteiger partial charge is 0.199 e. The summed E-state index contributed by atoms with van der Waals surface area (Å²) in [6.45, 7) is 7.44. The number of nitrogens with zero attached hydrogens (tertiary/aromatic N) is 5. The molecule has 6 nitrogen and oxygen atoms in total. The van der Waals surface area contributed by atoms with Crippen LogP contribution >= 0.6 is 0 Å². The zero-order valence-corrected chi connectivity index (χ0v) is 10.5. The van der Waals surface area contributed by atoms with E-state index in [1.54, 1.807) is 0 Å². The minimum atomic E-state index is 0.341. The summed E-state index contributed by atoms with van der Waals surface area (Å²) in [7, 11) is 0. The molecule has 0 saturated heterocycles. The highest BCUT2D eigenvalue weighted by molar-refractivity contribution is 5.33. The van der Waals surface area contributed by atoms with Crippen LogP contribution in [0.15, 0.2) is 12.1 Å². The molecule has 2 unspecified atom stereocenters. The number of nitrogens with one attached hydrogen (secondary N) is 1. The Balaban J connectivity index is 2.24. The van der Waals surface area contributed by atoms with E-state index in [4.69, 9.17) is 0 Å². The Labute approximate surface area is 100 Å². The van der Waals surface area contributed by atoms with Gasteiger partial charge in [-0.1, -0.05) is 20.8 Å². The van der Waals surface area contributed by atoms with Crippen molar-refractivity contribution in [3.63, 3.8) is 0 Å². The standard InChI is InChI=1S/C11H18N6/c1-4-9(12-5-2)8(3)10-6-7-11-13-15-16-17(11)14-10/h6-9,12H,4-5H2,1-3H3. The first-order valence-corrected chi connectivity index (χ1v) is 6.05. The van der Waals surface area contributed by atoms with Crippen LogP contribution in [0.25, 0.3) is 5.65 Å². The fraction of sp³-hybridized carbons (Fsp3) is 0.636. The van der Waals surface area contributed by atoms with Crippen LogP contribution in [0.3, 0.4) is 0 Å². The molecule has 0 aromatic carbocycles. The molecule has 0 radical (unpaired) electrons. The lowest BCUT2D eigenvalue weighted by Crippen LogP contribution is -2.33. The molecular formula is C11H18N6. The maximum atomic E-state index is 4.43. The van der Waals surface area contributed by atoms with Gasteiger partial charge < -0.3 is 5.32 Å². The zero-order chi connectivity index (χ0) is 12.3. The number of aromatic nitrogens is 5. The summed E-state index contributed by atoms with van der Waals surface area (Å²) in [6, 6.07) is 4.33. The van der Waals surface area contributed by atoms with Gasteiger partial charge in [0.15, 0.2) is 5.65 Å². The third-order valence-electron chi connectivity index (χ3n) is 3.07. The zero-order valence-electron chi connectivity index (χ0n) is 10.5. The Hall–Kier alpha value is -1.56. The second-order valence-corrected chi connectivity index (χ2v) is 4.15. The first kappa shape index (κ1) is 11.9. The Bertz CT molecular complexity index is 480. The van der Waals surface area contributed by atoms with Crippen LogP contribution < -0.4 is 5.32 Å². The van der Waals surface area contributed by atoms with E-state index in [1.165, 1.54) is 4.63 Å². The van der Waals surface area contributed by atoms with Gasteiger partial charge in [-0.2, -0.15) is 5.10 Å². The fourth-order valence-electron chi connectivity index (χ4n) is 2.05. The second kappa shape index (κ2) is 5.18. The molecule has 2 heterocycles. The lowest BCUT2D eigenvalue weighted by molar-refractivity contribution is 0.437. The molecule has 0 amide bonds. The molecule has 0 fully saturated rings. The van der Waals surface area contributed by atoms with Crippen LogP contribution in [0.2, 0.25) is 0 Å². The van der Waals surface area contributed by atoms with Crippen LogP contribution in [-0.4, -0.2) is 37.8 Å². The van der Waals surface area contributed by atoms with Crippen molar-refractivity contribution in [3.8, 4) is 0 Å². The number of tetrazole rings is 1. The molecule has 0 bridgehead atoms. The largest absolute Gasteiger partial charge is 0.314 e. The van der Waals surface area contributed by atoms with Crippen molar-refractivity contribution in [3.05, 3.63) is 17.8 Å². The predicted octanol–water partition coefficient (Wildman–Crippen LogP) is 1.01. The molecule has 0 saturated carbocycles. The molecule has 6 heteroatoms. The summed E-state index contributed by atoms with van der Waals surface area (Å²) in [5.74, 6) is 0.341. The number of likely N-dealkylation sites (N-methyl/N-ethyl adjacent to an activating group) is 1. The van der Waals surface area contributed by atoms with Gasteiger partial charge in [0.25, 0.3) is 0 Å². The van der Waals surface area contributed by atoms with Crippen LogP contribution in [0.1, 0.15) is 38.8 Å². The average molecular weight is 234 g/mol. The number of hydrogen-bond donors (Lipinski definition) is 1. The SMILES string of the molecule is CCNC(CC)C(C)c1ccc2nnnn2n1. The van der Waals surface area contributed by atoms with E-state index < -0.39 is 0 Å². The van der Waals surface area contributed by atoms with Gasteiger partial charge in [-0.25, -0.2) is 0 Å². The Morgan fingerprint density at radius 2 is 2.18 bits per heavy atom. The van der Waals surface area contributed by atoms with Gasteiger partial charge in [-0.3, -0.25) is 0 Å². The monoisotopic (exact) mass is 234 g/mol. The third kappa shape index (κ3) is 2.41. The summed E-state index contributed by atoms with van der Waals surface area (Å²) < 4.78 is 1.48. The Morgan fingerprint density at radius 3 is 2.88 bits per heavy atom. The van der Waals surface area contributed by atoms with Crippen molar-refractivity contribution in [2.75, 3.05) is 6.54 Å². The van der Waals surface area contributed by atoms with Crippen molar-refractivity contribution in [2.45, 2.75) is 39.2 Å². The molecule has 1 N–H and O–H groups in total. The molecule has 2 rings (SSSR count). The van der Waals surface area contributed by atoms with Gasteiger partial charge in [-0.15, -0.1) is 9.73 Å². The molecule has 0 aliphatic heterocycles. The lowest BCUT2D eigenvalue weighted by atomic mass is 9.96. The van der Waals surface area contributed by atoms with Gasteiger partial charge in [0.2, 0.25) is 0 Å². The van der Waals surface area contributed by atoms with E-state index in [9.17, 15) is 0 Å². The molecule has 0 aliphatic rings. The molecule has 2 aromatic rings. The lowest BCUT2D eigenvalue weighted by Gasteiger charge is -2.22. The molecule has 92 valence electrons. The highest BCUT2D eigenvalue weighted by atomic mass is 15.6. The minimum absolute atomic E-state index is 0.341. The molecule has 2 atom stereocenters. The van der Waals surface area contributed by atoms with Crippen LogP contribution in [0.5, 0.6) is 0 Å². The van der Waals surface area contributed by atoms with E-state index in [2.05, 4.69) is 46.7 Å². The van der Waals surface area contributed by atoms with E-state index >= 15 is 0 Å². The van der Waals surface area contributed by atoms with Crippen molar-refractivity contribution < 1.29 is 0 Å². The first-order valence-electron chi connectivity index (χ1n) is 6.05. The molecule has 0 spiro atoms. The summed E-state index contributed by atoms with van der Waals surface area (Å²) in [5.41, 5.74) is 1.69. The van der Waals surface area contributed by atoms with Crippen molar-refractivity contribution >= 4 is 5.65 Å². The van der Waals surface area contributed by atoms with E-state index in [0.717, 1.165) is 18.7 Å². The van der Waals surface area contributed by atoms with Gasteiger partial charge >= 0.3 is 0 Å². The van der Waals surface area contributed by atoms with Crippen molar-refractivity contribution in [2.24, 2.45) is 0 Å². The molecule has 17 heavy (non-hydrogen) atoms. The van der Waals surface area contributed by atoms with Crippen molar-refractivity contribution in [1.82, 2.24) is 30.6 Å². The number of rotatable bonds is 5. The van der Waals surface area contributed by atoms with Gasteiger partial charge in [0.1, 0.15) is 0 Å². The normalized spacial score (nSPS) is 15.0. The van der Waals surface area contributed by atoms with Gasteiger partial charge in [-0.05, 0) is 35.5 Å². The second-order valence-electron chi connectivity index (χ2n) is 4.15. The van der Waals surface area contributed by atoms with Crippen LogP contribution in [0, 0.1) is 0 Å². The Morgan fingerprint density at radius 1 is 1.35 bits per heavy atom. The maximum absolute atomic E-state index is 4.43. The topological polar surface area (TPSA) is 68.0 Å². The molecule has 2 aromatic heterocycles. The highest BCUT2D eigenvalue weighted by Gasteiger charge is 2.18. The van der Waals surface area contributed by atoms with Crippen LogP contribution in [0.4, 0.5) is 0 Å². The van der Waals surface area contributed by atoms with Crippen LogP contribution in [-0.2, 0) is 0 Å². The quantitative estimate of drug-likeness (QED) is 0.836. The summed E-state index contributed by atoms with van der Waals surface area (Å²) in [5, 5.41) is 19.1. The minimum Gasteiger partial charge on any atom is -0.314 e. The Kier molecular flexibility index (Phi) is 3.63. The average Bonchev–Trinajstić information content (AvgIpc) is 2.82. The fourth-order valence-corrected chi connectivity index (χ4v) is 2.05. The summed E-state index contributed by atoms with van der Waals surface area (Å²) >= 11 is 0. The van der Waals surface area contributed by atoms with E-state index in [0.29, 0.717) is 17.6 Å². The third-order valence-corrected chi connectivity index (χ3v) is 3.07. The number of fused-ring (bicyclic) bond motifs is 1. The van der Waals surface area contributed by atoms with E-state index in [-0.39, 0.29) is 0 Å². The summed E-state index contributed by atoms with van der Waals surface area (Å²) in [4.78, 5) is 0. The first-order chi connectivity index (χ1) is 8.26. The highest BCUT2D eigenvalue weighted by Crippen LogP contribution is 2.18. The predicted molar refractivity (Wildman–Crippen MR) is 64.7 cm³/mol. The number of hydrogen-bond acceptors (Lipinski definition) is 5. The van der Waals surface area contributed by atoms with Gasteiger partial charge in [0, 0.05) is 12.0 Å². The molecular weight excluding hydrogens is 216 g/mol. The maximum Gasteiger partial charge on any atom is 0.199 e. The summed E-state index contributed by atoms with van der Waals surface area (Å²) in [6.07, 6.45) is 1.07. The molecule has 0 aliphatic carbocycles.